The van der Waals surface area contributed by atoms with Crippen molar-refractivity contribution in [3.63, 3.8) is 0 Å². The van der Waals surface area contributed by atoms with E-state index in [9.17, 15) is 9.18 Å². The van der Waals surface area contributed by atoms with Gasteiger partial charge in [0.2, 0.25) is 0 Å². The van der Waals surface area contributed by atoms with Crippen molar-refractivity contribution in [1.82, 2.24) is 5.32 Å². The number of hydrogen-bond acceptors (Lipinski definition) is 4. The lowest BCUT2D eigenvalue weighted by atomic mass is 9.93. The van der Waals surface area contributed by atoms with Crippen molar-refractivity contribution in [2.45, 2.75) is 37.3 Å². The molecule has 4 nitrogen and oxygen atoms in total. The molecule has 1 aromatic rings. The van der Waals surface area contributed by atoms with E-state index in [-0.39, 0.29) is 24.2 Å². The van der Waals surface area contributed by atoms with E-state index in [0.29, 0.717) is 6.04 Å². The fourth-order valence-corrected chi connectivity index (χ4v) is 2.67. The van der Waals surface area contributed by atoms with Crippen molar-refractivity contribution in [2.75, 3.05) is 13.7 Å². The number of rotatable bonds is 7. The summed E-state index contributed by atoms with van der Waals surface area (Å²) in [6.45, 7) is 0.0990. The average molecular weight is 293 g/mol. The summed E-state index contributed by atoms with van der Waals surface area (Å²) < 4.78 is 24.3. The maximum absolute atomic E-state index is 13.7. The number of halogens is 1. The standard InChI is InChI=1S/C16H20FNO3/c1-20-15(19)16(11-6-7-11,18-12-8-9-12)10-21-14-5-3-2-4-13(14)17/h2-5,11-12,18H,6-10H2,1H3. The van der Waals surface area contributed by atoms with Gasteiger partial charge in [0, 0.05) is 6.04 Å². The van der Waals surface area contributed by atoms with Crippen LogP contribution in [0.3, 0.4) is 0 Å². The van der Waals surface area contributed by atoms with Crippen molar-refractivity contribution in [1.29, 1.82) is 0 Å². The molecule has 0 aromatic heterocycles. The van der Waals surface area contributed by atoms with Gasteiger partial charge >= 0.3 is 5.97 Å². The van der Waals surface area contributed by atoms with Crippen LogP contribution >= 0.6 is 0 Å². The summed E-state index contributed by atoms with van der Waals surface area (Å²) in [6.07, 6.45) is 4.06. The fourth-order valence-electron chi connectivity index (χ4n) is 2.67. The zero-order chi connectivity index (χ0) is 14.9. The van der Waals surface area contributed by atoms with Gasteiger partial charge in [0.15, 0.2) is 17.1 Å². The largest absolute Gasteiger partial charge is 0.488 e. The molecule has 2 aliphatic rings. The molecule has 0 bridgehead atoms. The average Bonchev–Trinajstić information content (AvgIpc) is 3.37. The Balaban J connectivity index is 1.77. The Kier molecular flexibility index (Phi) is 3.85. The lowest BCUT2D eigenvalue weighted by molar-refractivity contribution is -0.151. The Morgan fingerprint density at radius 1 is 1.33 bits per heavy atom. The maximum Gasteiger partial charge on any atom is 0.329 e. The van der Waals surface area contributed by atoms with Crippen LogP contribution in [-0.4, -0.2) is 31.3 Å². The van der Waals surface area contributed by atoms with Crippen molar-refractivity contribution < 1.29 is 18.7 Å². The lowest BCUT2D eigenvalue weighted by Gasteiger charge is -2.32. The minimum Gasteiger partial charge on any atom is -0.488 e. The maximum atomic E-state index is 13.7. The van der Waals surface area contributed by atoms with Crippen LogP contribution in [0.5, 0.6) is 5.75 Å². The molecule has 0 radical (unpaired) electrons. The first kappa shape index (κ1) is 14.3. The van der Waals surface area contributed by atoms with Crippen LogP contribution in [0, 0.1) is 11.7 Å². The third kappa shape index (κ3) is 3.02. The summed E-state index contributed by atoms with van der Waals surface area (Å²) in [5.41, 5.74) is -0.849. The van der Waals surface area contributed by atoms with Crippen molar-refractivity contribution in [3.05, 3.63) is 30.1 Å². The zero-order valence-corrected chi connectivity index (χ0v) is 12.1. The third-order valence-corrected chi connectivity index (χ3v) is 4.15. The Bertz CT molecular complexity index is 528. The van der Waals surface area contributed by atoms with Crippen LogP contribution in [0.1, 0.15) is 25.7 Å². The second kappa shape index (κ2) is 5.64. The van der Waals surface area contributed by atoms with Gasteiger partial charge in [-0.05, 0) is 43.7 Å². The second-order valence-electron chi connectivity index (χ2n) is 5.87. The van der Waals surface area contributed by atoms with Crippen LogP contribution in [0.15, 0.2) is 24.3 Å². The predicted molar refractivity (Wildman–Crippen MR) is 75.5 cm³/mol. The zero-order valence-electron chi connectivity index (χ0n) is 12.1. The first-order valence-corrected chi connectivity index (χ1v) is 7.39. The second-order valence-corrected chi connectivity index (χ2v) is 5.87. The summed E-state index contributed by atoms with van der Waals surface area (Å²) >= 11 is 0. The molecule has 1 unspecified atom stereocenters. The topological polar surface area (TPSA) is 47.6 Å². The van der Waals surface area contributed by atoms with Crippen LogP contribution in [0.4, 0.5) is 4.39 Å². The number of ether oxygens (including phenoxy) is 2. The van der Waals surface area contributed by atoms with Crippen LogP contribution in [0.25, 0.3) is 0 Å². The summed E-state index contributed by atoms with van der Waals surface area (Å²) in [5, 5.41) is 3.38. The van der Waals surface area contributed by atoms with E-state index < -0.39 is 11.4 Å². The van der Waals surface area contributed by atoms with Gasteiger partial charge in [-0.2, -0.15) is 0 Å². The molecule has 2 saturated carbocycles. The molecule has 1 atom stereocenters. The number of para-hydroxylation sites is 1. The van der Waals surface area contributed by atoms with Gasteiger partial charge in [-0.3, -0.25) is 5.32 Å². The molecule has 1 N–H and O–H groups in total. The number of hydrogen-bond donors (Lipinski definition) is 1. The SMILES string of the molecule is COC(=O)C(COc1ccccc1F)(NC1CC1)C1CC1. The Morgan fingerprint density at radius 3 is 2.62 bits per heavy atom. The predicted octanol–water partition coefficient (Wildman–Crippen LogP) is 2.28. The van der Waals surface area contributed by atoms with Gasteiger partial charge in [-0.25, -0.2) is 9.18 Å². The van der Waals surface area contributed by atoms with E-state index in [1.165, 1.54) is 13.2 Å². The number of carbonyl (C=O) groups is 1. The van der Waals surface area contributed by atoms with Gasteiger partial charge in [0.05, 0.1) is 7.11 Å². The number of benzene rings is 1. The molecule has 114 valence electrons. The quantitative estimate of drug-likeness (QED) is 0.784. The highest BCUT2D eigenvalue weighted by Crippen LogP contribution is 2.42. The summed E-state index contributed by atoms with van der Waals surface area (Å²) in [4.78, 5) is 12.3. The molecule has 21 heavy (non-hydrogen) atoms. The highest BCUT2D eigenvalue weighted by molar-refractivity contribution is 5.82. The number of carbonyl (C=O) groups excluding carboxylic acids is 1. The molecule has 0 aliphatic heterocycles. The number of methoxy groups -OCH3 is 1. The molecule has 0 heterocycles. The Labute approximate surface area is 123 Å². The minimum atomic E-state index is -0.849. The molecule has 3 rings (SSSR count). The van der Waals surface area contributed by atoms with E-state index in [4.69, 9.17) is 9.47 Å². The van der Waals surface area contributed by atoms with Gasteiger partial charge in [0.1, 0.15) is 6.61 Å². The molecule has 0 amide bonds. The summed E-state index contributed by atoms with van der Waals surface area (Å²) in [7, 11) is 1.39. The van der Waals surface area contributed by atoms with Gasteiger partial charge < -0.3 is 9.47 Å². The van der Waals surface area contributed by atoms with Crippen molar-refractivity contribution in [2.24, 2.45) is 5.92 Å². The van der Waals surface area contributed by atoms with E-state index in [1.54, 1.807) is 18.2 Å². The van der Waals surface area contributed by atoms with Gasteiger partial charge in [-0.1, -0.05) is 12.1 Å². The molecular weight excluding hydrogens is 273 g/mol. The highest BCUT2D eigenvalue weighted by atomic mass is 19.1. The number of nitrogens with one attached hydrogen (secondary N) is 1. The van der Waals surface area contributed by atoms with E-state index >= 15 is 0 Å². The van der Waals surface area contributed by atoms with Crippen molar-refractivity contribution in [3.8, 4) is 5.75 Å². The first-order valence-electron chi connectivity index (χ1n) is 7.39. The molecule has 2 aliphatic carbocycles. The number of esters is 1. The van der Waals surface area contributed by atoms with Crippen LogP contribution < -0.4 is 10.1 Å². The Hall–Kier alpha value is -1.62. The van der Waals surface area contributed by atoms with Gasteiger partial charge in [0.25, 0.3) is 0 Å². The smallest absolute Gasteiger partial charge is 0.329 e. The van der Waals surface area contributed by atoms with E-state index in [2.05, 4.69) is 5.32 Å². The van der Waals surface area contributed by atoms with Crippen LogP contribution in [-0.2, 0) is 9.53 Å². The summed E-state index contributed by atoms with van der Waals surface area (Å²) in [6, 6.07) is 6.58. The highest BCUT2D eigenvalue weighted by Gasteiger charge is 2.54. The normalized spacial score (nSPS) is 20.7. The Morgan fingerprint density at radius 2 is 2.05 bits per heavy atom. The fraction of sp³-hybridized carbons (Fsp3) is 0.562. The lowest BCUT2D eigenvalue weighted by Crippen LogP contribution is -2.59. The third-order valence-electron chi connectivity index (χ3n) is 4.15. The monoisotopic (exact) mass is 293 g/mol. The van der Waals surface area contributed by atoms with Crippen molar-refractivity contribution >= 4 is 5.97 Å². The van der Waals surface area contributed by atoms with Crippen LogP contribution in [0.2, 0.25) is 0 Å². The first-order chi connectivity index (χ1) is 10.2. The molecule has 5 heteroatoms. The van der Waals surface area contributed by atoms with E-state index in [0.717, 1.165) is 25.7 Å². The molecule has 0 saturated heterocycles. The van der Waals surface area contributed by atoms with Gasteiger partial charge in [-0.15, -0.1) is 0 Å². The van der Waals surface area contributed by atoms with E-state index in [1.807, 2.05) is 0 Å². The minimum absolute atomic E-state index is 0.0990. The summed E-state index contributed by atoms with van der Waals surface area (Å²) in [5.74, 6) is -0.354. The molecule has 1 aromatic carbocycles. The molecule has 2 fully saturated rings. The molecule has 0 spiro atoms. The molecular formula is C16H20FNO3.